The summed E-state index contributed by atoms with van der Waals surface area (Å²) in [4.78, 5) is 30.2. The van der Waals surface area contributed by atoms with E-state index in [1.54, 1.807) is 69.8 Å². The van der Waals surface area contributed by atoms with Crippen LogP contribution in [0.4, 0.5) is 11.4 Å². The van der Waals surface area contributed by atoms with E-state index in [4.69, 9.17) is 4.74 Å². The topological polar surface area (TPSA) is 186 Å². The number of ether oxygens (including phenoxy) is 1. The maximum atomic E-state index is 11.8. The SMILES string of the molecule is Cc1ccc([N+](=O)[O-])c(O)c1-n1ccn2nc(-c3cccnc3)cc12.Cc1ccc([N+](=O)[O-])c(OCc2ccccc2)c1-n1ccn2nc(-c3cccnc3)cc12. The molecule has 0 aliphatic rings. The molecule has 0 spiro atoms. The van der Waals surface area contributed by atoms with E-state index in [0.29, 0.717) is 22.6 Å². The van der Waals surface area contributed by atoms with Crippen molar-refractivity contribution in [1.29, 1.82) is 0 Å². The number of nitro benzene ring substituents is 2. The second kappa shape index (κ2) is 14.9. The third-order valence-corrected chi connectivity index (χ3v) is 9.30. The normalized spacial score (nSPS) is 11.1. The number of phenols is 1. The van der Waals surface area contributed by atoms with Gasteiger partial charge in [0.2, 0.25) is 11.5 Å². The molecule has 3 aromatic carbocycles. The van der Waals surface area contributed by atoms with Crippen LogP contribution in [0.2, 0.25) is 0 Å². The van der Waals surface area contributed by atoms with Crippen LogP contribution in [0.3, 0.4) is 0 Å². The van der Waals surface area contributed by atoms with E-state index in [2.05, 4.69) is 20.2 Å². The third kappa shape index (κ3) is 6.89. The standard InChI is InChI=1S/C24H19N5O3.C17H13N5O3/c1-17-9-10-21(29(30)31)24(32-16-18-6-3-2-4-7-18)23(17)27-12-13-28-22(27)14-20(26-28)19-8-5-11-25-15-19;1-11-4-5-14(22(24)25)17(23)16(11)20-7-8-21-15(20)9-13(19-21)12-3-2-6-18-10-12/h2-15H,16H2,1H3;2-10,23H,1H3. The Kier molecular flexibility index (Phi) is 9.40. The molecular formula is C41H32N10O6. The highest BCUT2D eigenvalue weighted by Gasteiger charge is 2.25. The van der Waals surface area contributed by atoms with Gasteiger partial charge in [0.1, 0.15) is 17.9 Å². The monoisotopic (exact) mass is 760 g/mol. The fourth-order valence-corrected chi connectivity index (χ4v) is 6.55. The Hall–Kier alpha value is -8.14. The number of pyridine rings is 2. The number of hydrogen-bond donors (Lipinski definition) is 1. The first kappa shape index (κ1) is 35.9. The lowest BCUT2D eigenvalue weighted by atomic mass is 10.1. The van der Waals surface area contributed by atoms with Crippen molar-refractivity contribution in [2.75, 3.05) is 0 Å². The molecule has 0 aliphatic carbocycles. The van der Waals surface area contributed by atoms with Gasteiger partial charge in [0.05, 0.1) is 32.6 Å². The average molecular weight is 761 g/mol. The fraction of sp³-hybridized carbons (Fsp3) is 0.0732. The van der Waals surface area contributed by atoms with Crippen molar-refractivity contribution in [2.45, 2.75) is 20.5 Å². The summed E-state index contributed by atoms with van der Waals surface area (Å²) in [7, 11) is 0. The molecule has 9 aromatic rings. The minimum atomic E-state index is -0.601. The number of fused-ring (bicyclic) bond motifs is 2. The highest BCUT2D eigenvalue weighted by molar-refractivity contribution is 5.71. The first-order chi connectivity index (χ1) is 27.7. The summed E-state index contributed by atoms with van der Waals surface area (Å²) in [6, 6.07) is 27.0. The third-order valence-electron chi connectivity index (χ3n) is 9.30. The van der Waals surface area contributed by atoms with Crippen LogP contribution in [-0.2, 0) is 6.61 Å². The number of nitro groups is 2. The van der Waals surface area contributed by atoms with Crippen LogP contribution in [-0.4, -0.2) is 53.3 Å². The summed E-state index contributed by atoms with van der Waals surface area (Å²) in [5.41, 5.74) is 7.72. The zero-order chi connectivity index (χ0) is 39.6. The van der Waals surface area contributed by atoms with Gasteiger partial charge in [0.25, 0.3) is 0 Å². The van der Waals surface area contributed by atoms with E-state index in [-0.39, 0.29) is 29.5 Å². The van der Waals surface area contributed by atoms with Gasteiger partial charge in [-0.1, -0.05) is 42.5 Å². The Labute approximate surface area is 323 Å². The predicted octanol–water partition coefficient (Wildman–Crippen LogP) is 8.09. The van der Waals surface area contributed by atoms with Crippen molar-refractivity contribution in [1.82, 2.24) is 38.3 Å². The van der Waals surface area contributed by atoms with E-state index in [1.807, 2.05) is 90.6 Å². The number of aromatic nitrogens is 8. The highest BCUT2D eigenvalue weighted by atomic mass is 16.6. The lowest BCUT2D eigenvalue weighted by Gasteiger charge is -2.15. The predicted molar refractivity (Wildman–Crippen MR) is 211 cm³/mol. The maximum absolute atomic E-state index is 11.8. The molecule has 0 aliphatic heterocycles. The van der Waals surface area contributed by atoms with E-state index >= 15 is 0 Å². The first-order valence-electron chi connectivity index (χ1n) is 17.5. The molecule has 0 bridgehead atoms. The molecule has 0 fully saturated rings. The van der Waals surface area contributed by atoms with Gasteiger partial charge >= 0.3 is 11.4 Å². The number of imidazole rings is 2. The highest BCUT2D eigenvalue weighted by Crippen LogP contribution is 2.39. The maximum Gasteiger partial charge on any atom is 0.313 e. The summed E-state index contributed by atoms with van der Waals surface area (Å²) in [6.45, 7) is 3.91. The summed E-state index contributed by atoms with van der Waals surface area (Å²) in [6.07, 6.45) is 13.9. The Bertz CT molecular complexity index is 2900. The number of phenolic OH excluding ortho intramolecular Hbond substituents is 1. The second-order valence-corrected chi connectivity index (χ2v) is 13.0. The van der Waals surface area contributed by atoms with Crippen LogP contribution in [0.15, 0.2) is 141 Å². The van der Waals surface area contributed by atoms with Gasteiger partial charge in [-0.25, -0.2) is 9.03 Å². The molecule has 6 aromatic heterocycles. The summed E-state index contributed by atoms with van der Waals surface area (Å²) in [5.74, 6) is -0.145. The van der Waals surface area contributed by atoms with E-state index in [9.17, 15) is 25.3 Å². The zero-order valence-electron chi connectivity index (χ0n) is 30.4. The Balaban J connectivity index is 0.000000165. The van der Waals surface area contributed by atoms with E-state index in [1.165, 1.54) is 12.1 Å². The first-order valence-corrected chi connectivity index (χ1v) is 17.5. The molecule has 0 unspecified atom stereocenters. The molecule has 0 atom stereocenters. The van der Waals surface area contributed by atoms with Gasteiger partial charge < -0.3 is 9.84 Å². The van der Waals surface area contributed by atoms with E-state index in [0.717, 1.165) is 39.3 Å². The molecule has 0 saturated carbocycles. The van der Waals surface area contributed by atoms with Gasteiger partial charge in [0, 0.05) is 85.0 Å². The van der Waals surface area contributed by atoms with Crippen molar-refractivity contribution in [3.63, 3.8) is 0 Å². The van der Waals surface area contributed by atoms with Crippen LogP contribution in [0.5, 0.6) is 11.5 Å². The summed E-state index contributed by atoms with van der Waals surface area (Å²) in [5, 5.41) is 42.4. The molecule has 0 amide bonds. The smallest absolute Gasteiger partial charge is 0.313 e. The van der Waals surface area contributed by atoms with Gasteiger partial charge in [0.15, 0.2) is 0 Å². The lowest BCUT2D eigenvalue weighted by Crippen LogP contribution is -2.06. The second-order valence-electron chi connectivity index (χ2n) is 13.0. The molecule has 16 nitrogen and oxygen atoms in total. The van der Waals surface area contributed by atoms with Gasteiger partial charge in [-0.15, -0.1) is 0 Å². The lowest BCUT2D eigenvalue weighted by molar-refractivity contribution is -0.386. The average Bonchev–Trinajstić information content (AvgIpc) is 4.01. The number of rotatable bonds is 9. The Morgan fingerprint density at radius 1 is 0.649 bits per heavy atom. The molecule has 9 rings (SSSR count). The van der Waals surface area contributed by atoms with Crippen molar-refractivity contribution in [2.24, 2.45) is 0 Å². The zero-order valence-corrected chi connectivity index (χ0v) is 30.4. The van der Waals surface area contributed by atoms with Gasteiger partial charge in [-0.2, -0.15) is 10.2 Å². The largest absolute Gasteiger partial charge is 0.501 e. The molecule has 0 saturated heterocycles. The molecular weight excluding hydrogens is 729 g/mol. The molecule has 1 N–H and O–H groups in total. The van der Waals surface area contributed by atoms with Crippen molar-refractivity contribution in [3.8, 4) is 45.4 Å². The summed E-state index contributed by atoms with van der Waals surface area (Å²) < 4.78 is 13.0. The number of aryl methyl sites for hydroxylation is 2. The molecule has 6 heterocycles. The molecule has 16 heteroatoms. The number of nitrogens with zero attached hydrogens (tertiary/aromatic N) is 10. The van der Waals surface area contributed by atoms with Crippen LogP contribution < -0.4 is 4.74 Å². The fourth-order valence-electron chi connectivity index (χ4n) is 6.55. The number of aromatic hydroxyl groups is 1. The minimum Gasteiger partial charge on any atom is -0.501 e. The van der Waals surface area contributed by atoms with Crippen molar-refractivity contribution >= 4 is 22.7 Å². The van der Waals surface area contributed by atoms with Crippen LogP contribution in [0.1, 0.15) is 16.7 Å². The van der Waals surface area contributed by atoms with E-state index < -0.39 is 9.85 Å². The van der Waals surface area contributed by atoms with Crippen LogP contribution in [0.25, 0.3) is 45.2 Å². The van der Waals surface area contributed by atoms with Gasteiger partial charge in [-0.3, -0.25) is 39.3 Å². The van der Waals surface area contributed by atoms with Crippen LogP contribution in [0, 0.1) is 34.1 Å². The Morgan fingerprint density at radius 2 is 1.18 bits per heavy atom. The van der Waals surface area contributed by atoms with Crippen LogP contribution >= 0.6 is 0 Å². The molecule has 282 valence electrons. The molecule has 57 heavy (non-hydrogen) atoms. The van der Waals surface area contributed by atoms with Crippen molar-refractivity contribution in [3.05, 3.63) is 177 Å². The minimum absolute atomic E-state index is 0.0830. The van der Waals surface area contributed by atoms with Crippen molar-refractivity contribution < 1.29 is 19.7 Å². The summed E-state index contributed by atoms with van der Waals surface area (Å²) >= 11 is 0. The molecule has 0 radical (unpaired) electrons. The number of benzene rings is 3. The van der Waals surface area contributed by atoms with Gasteiger partial charge in [-0.05, 0) is 54.8 Å². The quantitative estimate of drug-likeness (QED) is 0.111. The Morgan fingerprint density at radius 3 is 1.70 bits per heavy atom. The number of hydrogen-bond acceptors (Lipinski definition) is 10.